The molecule has 0 fully saturated rings. The van der Waals surface area contributed by atoms with Crippen molar-refractivity contribution in [1.82, 2.24) is 20.2 Å². The van der Waals surface area contributed by atoms with Crippen LogP contribution in [-0.4, -0.2) is 51.8 Å². The number of nitro groups is 1. The number of aromatic nitrogens is 3. The zero-order valence-corrected chi connectivity index (χ0v) is 21.9. The van der Waals surface area contributed by atoms with Crippen molar-refractivity contribution >= 4 is 35.6 Å². The van der Waals surface area contributed by atoms with Crippen molar-refractivity contribution in [3.05, 3.63) is 94.6 Å². The van der Waals surface area contributed by atoms with Gasteiger partial charge in [-0.2, -0.15) is 5.10 Å². The van der Waals surface area contributed by atoms with E-state index in [1.165, 1.54) is 30.1 Å². The third-order valence-electron chi connectivity index (χ3n) is 5.40. The summed E-state index contributed by atoms with van der Waals surface area (Å²) in [5, 5.41) is 24.2. The van der Waals surface area contributed by atoms with Gasteiger partial charge < -0.3 is 9.47 Å². The quantitative estimate of drug-likeness (QED) is 0.124. The number of allylic oxidation sites excluding steroid dienone is 1. The molecule has 1 heterocycles. The lowest BCUT2D eigenvalue weighted by atomic mass is 10.2. The summed E-state index contributed by atoms with van der Waals surface area (Å²) in [7, 11) is 3.20. The van der Waals surface area contributed by atoms with Gasteiger partial charge in [0, 0.05) is 23.5 Å². The number of thioether (sulfide) groups is 1. The van der Waals surface area contributed by atoms with E-state index in [1.54, 1.807) is 38.5 Å². The van der Waals surface area contributed by atoms with Crippen LogP contribution in [0.2, 0.25) is 0 Å². The Bertz CT molecular complexity index is 1500. The lowest BCUT2D eigenvalue weighted by Gasteiger charge is -2.11. The maximum absolute atomic E-state index is 12.4. The number of benzene rings is 3. The number of carbonyl (C=O) groups is 1. The topological polar surface area (TPSA) is 134 Å². The van der Waals surface area contributed by atoms with Gasteiger partial charge in [-0.15, -0.1) is 10.2 Å². The van der Waals surface area contributed by atoms with E-state index in [9.17, 15) is 14.9 Å². The molecule has 0 aliphatic heterocycles. The van der Waals surface area contributed by atoms with Crippen molar-refractivity contribution in [1.29, 1.82) is 0 Å². The standard InChI is InChI=1S/C27H24N6O5S/c1-37-22-13-9-20(10-14-22)26-30-31-27(32(26)21-11-15-23(38-2)16-12-21)39-18-25(34)29-28-17-5-7-19-6-3-4-8-24(19)33(35)36/h3-17H,18H2,1-2H3,(H,29,34)/b7-5+,28-17-. The Morgan fingerprint density at radius 3 is 2.36 bits per heavy atom. The molecule has 0 bridgehead atoms. The Hall–Kier alpha value is -4.97. The molecule has 11 nitrogen and oxygen atoms in total. The zero-order valence-electron chi connectivity index (χ0n) is 21.1. The molecule has 0 saturated heterocycles. The Kier molecular flexibility index (Phi) is 9.03. The smallest absolute Gasteiger partial charge is 0.276 e. The van der Waals surface area contributed by atoms with Gasteiger partial charge in [0.05, 0.1) is 30.5 Å². The van der Waals surface area contributed by atoms with Crippen molar-refractivity contribution in [3.63, 3.8) is 0 Å². The highest BCUT2D eigenvalue weighted by molar-refractivity contribution is 7.99. The molecule has 0 unspecified atom stereocenters. The number of nitrogens with one attached hydrogen (secondary N) is 1. The Morgan fingerprint density at radius 2 is 1.69 bits per heavy atom. The van der Waals surface area contributed by atoms with E-state index in [0.29, 0.717) is 22.3 Å². The number of carbonyl (C=O) groups excluding carboxylic acids is 1. The Balaban J connectivity index is 1.45. The van der Waals surface area contributed by atoms with E-state index in [-0.39, 0.29) is 17.3 Å². The van der Waals surface area contributed by atoms with Gasteiger partial charge in [0.25, 0.3) is 11.6 Å². The Labute approximate surface area is 228 Å². The molecule has 4 aromatic rings. The summed E-state index contributed by atoms with van der Waals surface area (Å²) < 4.78 is 12.4. The van der Waals surface area contributed by atoms with Gasteiger partial charge in [0.15, 0.2) is 11.0 Å². The lowest BCUT2D eigenvalue weighted by molar-refractivity contribution is -0.385. The van der Waals surface area contributed by atoms with E-state index < -0.39 is 4.92 Å². The average molecular weight is 545 g/mol. The minimum Gasteiger partial charge on any atom is -0.497 e. The van der Waals surface area contributed by atoms with Crippen LogP contribution in [0.5, 0.6) is 11.5 Å². The van der Waals surface area contributed by atoms with Gasteiger partial charge in [0.2, 0.25) is 0 Å². The Morgan fingerprint density at radius 1 is 1.03 bits per heavy atom. The zero-order chi connectivity index (χ0) is 27.6. The summed E-state index contributed by atoms with van der Waals surface area (Å²) in [6.45, 7) is 0. The number of hydrazone groups is 1. The first kappa shape index (κ1) is 27.1. The molecule has 4 rings (SSSR count). The van der Waals surface area contributed by atoms with Crippen LogP contribution in [-0.2, 0) is 4.79 Å². The van der Waals surface area contributed by atoms with Crippen molar-refractivity contribution in [2.75, 3.05) is 20.0 Å². The first-order valence-corrected chi connectivity index (χ1v) is 12.6. The van der Waals surface area contributed by atoms with Crippen LogP contribution in [0.15, 0.2) is 89.1 Å². The van der Waals surface area contributed by atoms with Crippen LogP contribution in [0.25, 0.3) is 23.2 Å². The number of nitrogens with zero attached hydrogens (tertiary/aromatic N) is 5. The van der Waals surface area contributed by atoms with Crippen LogP contribution in [0.3, 0.4) is 0 Å². The average Bonchev–Trinajstić information content (AvgIpc) is 3.40. The number of hydrogen-bond donors (Lipinski definition) is 1. The van der Waals surface area contributed by atoms with Gasteiger partial charge in [-0.25, -0.2) is 5.43 Å². The van der Waals surface area contributed by atoms with E-state index in [0.717, 1.165) is 17.0 Å². The van der Waals surface area contributed by atoms with Crippen molar-refractivity contribution < 1.29 is 19.2 Å². The summed E-state index contributed by atoms with van der Waals surface area (Å²) in [4.78, 5) is 23.1. The number of ether oxygens (including phenoxy) is 2. The number of rotatable bonds is 11. The first-order valence-electron chi connectivity index (χ1n) is 11.6. The van der Waals surface area contributed by atoms with Gasteiger partial charge in [-0.05, 0) is 66.7 Å². The minimum absolute atomic E-state index is 0.0161. The molecular weight excluding hydrogens is 520 g/mol. The molecule has 0 radical (unpaired) electrons. The second-order valence-corrected chi connectivity index (χ2v) is 8.79. The predicted octanol–water partition coefficient (Wildman–Crippen LogP) is 4.77. The van der Waals surface area contributed by atoms with Crippen molar-refractivity contribution in [2.24, 2.45) is 5.10 Å². The maximum atomic E-state index is 12.4. The monoisotopic (exact) mass is 544 g/mol. The highest BCUT2D eigenvalue weighted by Crippen LogP contribution is 2.29. The number of methoxy groups -OCH3 is 2. The molecule has 0 aliphatic carbocycles. The second kappa shape index (κ2) is 13.0. The van der Waals surface area contributed by atoms with Crippen LogP contribution < -0.4 is 14.9 Å². The molecule has 0 spiro atoms. The fourth-order valence-electron chi connectivity index (χ4n) is 3.51. The maximum Gasteiger partial charge on any atom is 0.276 e. The lowest BCUT2D eigenvalue weighted by Crippen LogP contribution is -2.19. The molecule has 1 aromatic heterocycles. The van der Waals surface area contributed by atoms with E-state index >= 15 is 0 Å². The largest absolute Gasteiger partial charge is 0.497 e. The summed E-state index contributed by atoms with van der Waals surface area (Å²) in [6.07, 6.45) is 4.40. The van der Waals surface area contributed by atoms with Crippen molar-refractivity contribution in [2.45, 2.75) is 5.16 Å². The van der Waals surface area contributed by atoms with Gasteiger partial charge >= 0.3 is 0 Å². The summed E-state index contributed by atoms with van der Waals surface area (Å²) in [5.74, 6) is 1.70. The summed E-state index contributed by atoms with van der Waals surface area (Å²) in [6, 6.07) is 21.2. The molecule has 12 heteroatoms. The fourth-order valence-corrected chi connectivity index (χ4v) is 4.25. The fraction of sp³-hybridized carbons (Fsp3) is 0.111. The van der Waals surface area contributed by atoms with Crippen molar-refractivity contribution in [3.8, 4) is 28.6 Å². The molecule has 1 N–H and O–H groups in total. The molecule has 0 aliphatic rings. The first-order chi connectivity index (χ1) is 19.0. The number of hydrogen-bond acceptors (Lipinski definition) is 9. The van der Waals surface area contributed by atoms with Crippen LogP contribution in [0, 0.1) is 10.1 Å². The predicted molar refractivity (Wildman–Crippen MR) is 149 cm³/mol. The molecule has 3 aromatic carbocycles. The molecule has 39 heavy (non-hydrogen) atoms. The SMILES string of the molecule is COc1ccc(-c2nnc(SCC(=O)N/N=C\C=C\c3ccccc3[N+](=O)[O-])n2-c2ccc(OC)cc2)cc1. The molecule has 1 amide bonds. The number of amides is 1. The van der Waals surface area contributed by atoms with E-state index in [2.05, 4.69) is 20.7 Å². The normalized spacial score (nSPS) is 11.1. The van der Waals surface area contributed by atoms with Gasteiger partial charge in [-0.3, -0.25) is 19.5 Å². The summed E-state index contributed by atoms with van der Waals surface area (Å²) in [5.41, 5.74) is 4.48. The van der Waals surface area contributed by atoms with Gasteiger partial charge in [0.1, 0.15) is 11.5 Å². The highest BCUT2D eigenvalue weighted by Gasteiger charge is 2.17. The number of para-hydroxylation sites is 1. The highest BCUT2D eigenvalue weighted by atomic mass is 32.2. The van der Waals surface area contributed by atoms with E-state index in [1.807, 2.05) is 53.1 Å². The number of nitro benzene ring substituents is 1. The van der Waals surface area contributed by atoms with Crippen LogP contribution >= 0.6 is 11.8 Å². The third-order valence-corrected chi connectivity index (χ3v) is 6.33. The molecule has 198 valence electrons. The van der Waals surface area contributed by atoms with Crippen LogP contribution in [0.1, 0.15) is 5.56 Å². The second-order valence-electron chi connectivity index (χ2n) is 7.84. The minimum atomic E-state index is -0.458. The van der Waals surface area contributed by atoms with Gasteiger partial charge in [-0.1, -0.05) is 23.9 Å². The molecule has 0 saturated carbocycles. The molecular formula is C27H24N6O5S. The van der Waals surface area contributed by atoms with Crippen LogP contribution in [0.4, 0.5) is 5.69 Å². The third kappa shape index (κ3) is 6.87. The molecule has 0 atom stereocenters. The van der Waals surface area contributed by atoms with E-state index in [4.69, 9.17) is 9.47 Å². The summed E-state index contributed by atoms with van der Waals surface area (Å²) >= 11 is 1.20.